The number of imidazole rings is 1. The fourth-order valence-electron chi connectivity index (χ4n) is 3.63. The van der Waals surface area contributed by atoms with E-state index in [2.05, 4.69) is 4.99 Å². The standard InChI is InChI=1S/C18H19ClN5O2/c1-9-6-7-12(19)8-13(9)23-10(2)11(3)24-14-15(20-17(23)24)21(4)18(26)22(5)16(14)25/h6-8,14H,1-5H3/q+1. The third-order valence-electron chi connectivity index (χ3n) is 5.25. The molecule has 1 saturated heterocycles. The lowest BCUT2D eigenvalue weighted by Crippen LogP contribution is -2.62. The number of aliphatic imine (C=N–C) groups is 1. The number of benzene rings is 1. The molecule has 134 valence electrons. The summed E-state index contributed by atoms with van der Waals surface area (Å²) in [4.78, 5) is 32.3. The summed E-state index contributed by atoms with van der Waals surface area (Å²) in [6.45, 7) is 5.95. The lowest BCUT2D eigenvalue weighted by Gasteiger charge is -2.30. The highest BCUT2D eigenvalue weighted by Gasteiger charge is 2.53. The first-order valence-electron chi connectivity index (χ1n) is 8.27. The topological polar surface area (TPSA) is 61.8 Å². The number of halogens is 1. The molecule has 3 amide bonds. The third-order valence-corrected chi connectivity index (χ3v) is 5.48. The van der Waals surface area contributed by atoms with Crippen LogP contribution < -0.4 is 4.57 Å². The Kier molecular flexibility index (Phi) is 3.49. The van der Waals surface area contributed by atoms with Crippen molar-refractivity contribution in [2.75, 3.05) is 14.1 Å². The number of aromatic nitrogens is 2. The average Bonchev–Trinajstić information content (AvgIpc) is 3.10. The summed E-state index contributed by atoms with van der Waals surface area (Å²) in [6, 6.07) is 4.67. The van der Waals surface area contributed by atoms with Crippen LogP contribution in [0.15, 0.2) is 23.2 Å². The van der Waals surface area contributed by atoms with Gasteiger partial charge in [-0.05, 0) is 38.5 Å². The van der Waals surface area contributed by atoms with Crippen LogP contribution in [0.3, 0.4) is 0 Å². The first-order valence-corrected chi connectivity index (χ1v) is 8.65. The maximum Gasteiger partial charge on any atom is 0.407 e. The molecular formula is C18H19ClN5O2+. The smallest absolute Gasteiger partial charge is 0.270 e. The number of nitrogens with zero attached hydrogens (tertiary/aromatic N) is 5. The number of imide groups is 1. The molecule has 0 bridgehead atoms. The predicted octanol–water partition coefficient (Wildman–Crippen LogP) is 2.45. The van der Waals surface area contributed by atoms with Crippen molar-refractivity contribution in [3.05, 3.63) is 40.2 Å². The molecule has 1 unspecified atom stereocenters. The summed E-state index contributed by atoms with van der Waals surface area (Å²) in [5.74, 6) is 0.789. The first kappa shape index (κ1) is 16.8. The van der Waals surface area contributed by atoms with E-state index in [-0.39, 0.29) is 11.9 Å². The maximum absolute atomic E-state index is 12.8. The van der Waals surface area contributed by atoms with Crippen LogP contribution in [0.1, 0.15) is 23.0 Å². The molecule has 26 heavy (non-hydrogen) atoms. The summed E-state index contributed by atoms with van der Waals surface area (Å²) in [6.07, 6.45) is 0. The Balaban J connectivity index is 2.01. The maximum atomic E-state index is 12.8. The number of carbonyl (C=O) groups excluding carboxylic acids is 2. The van der Waals surface area contributed by atoms with Crippen molar-refractivity contribution < 1.29 is 14.2 Å². The molecule has 0 N–H and O–H groups in total. The van der Waals surface area contributed by atoms with Crippen LogP contribution >= 0.6 is 11.6 Å². The number of urea groups is 1. The van der Waals surface area contributed by atoms with Gasteiger partial charge in [0.2, 0.25) is 11.9 Å². The van der Waals surface area contributed by atoms with Gasteiger partial charge in [-0.25, -0.2) is 9.36 Å². The summed E-state index contributed by atoms with van der Waals surface area (Å²) in [7, 11) is 3.14. The Hall–Kier alpha value is -2.67. The zero-order valence-electron chi connectivity index (χ0n) is 15.2. The molecule has 0 aliphatic carbocycles. The Bertz CT molecular complexity index is 1020. The van der Waals surface area contributed by atoms with Gasteiger partial charge in [-0.1, -0.05) is 22.7 Å². The molecule has 1 aromatic carbocycles. The van der Waals surface area contributed by atoms with E-state index in [9.17, 15) is 9.59 Å². The van der Waals surface area contributed by atoms with E-state index in [4.69, 9.17) is 11.6 Å². The number of amides is 3. The second kappa shape index (κ2) is 5.41. The van der Waals surface area contributed by atoms with Crippen LogP contribution in [0.25, 0.3) is 5.69 Å². The van der Waals surface area contributed by atoms with Gasteiger partial charge >= 0.3 is 12.0 Å². The van der Waals surface area contributed by atoms with Gasteiger partial charge in [0, 0.05) is 19.1 Å². The minimum absolute atomic E-state index is 0.279. The molecule has 0 radical (unpaired) electrons. The van der Waals surface area contributed by atoms with Gasteiger partial charge in [-0.15, -0.1) is 0 Å². The van der Waals surface area contributed by atoms with Crippen LogP contribution in [-0.4, -0.2) is 46.2 Å². The van der Waals surface area contributed by atoms with Crippen LogP contribution in [0, 0.1) is 20.8 Å². The van der Waals surface area contributed by atoms with Crippen molar-refractivity contribution in [3.63, 3.8) is 0 Å². The summed E-state index contributed by atoms with van der Waals surface area (Å²) in [5.41, 5.74) is 3.85. The SMILES string of the molecule is Cc1ccc(Cl)cc1-n1c(C)c(C)[n+]2c1N=C1C2C(=O)N(C)C(=O)N1C. The van der Waals surface area contributed by atoms with Crippen LogP contribution in [-0.2, 0) is 4.79 Å². The number of fused-ring (bicyclic) bond motifs is 3. The third kappa shape index (κ3) is 2.00. The highest BCUT2D eigenvalue weighted by atomic mass is 35.5. The fourth-order valence-corrected chi connectivity index (χ4v) is 3.79. The molecule has 8 heteroatoms. The molecule has 1 aromatic heterocycles. The van der Waals surface area contributed by atoms with Gasteiger partial charge in [-0.3, -0.25) is 14.6 Å². The Morgan fingerprint density at radius 2 is 1.81 bits per heavy atom. The highest BCUT2D eigenvalue weighted by molar-refractivity contribution is 6.30. The fraction of sp³-hybridized carbons (Fsp3) is 0.333. The van der Waals surface area contributed by atoms with Crippen LogP contribution in [0.2, 0.25) is 5.02 Å². The van der Waals surface area contributed by atoms with E-state index in [1.165, 1.54) is 11.9 Å². The minimum atomic E-state index is -0.628. The van der Waals surface area contributed by atoms with Crippen LogP contribution in [0.4, 0.5) is 10.7 Å². The van der Waals surface area contributed by atoms with Gasteiger partial charge < -0.3 is 0 Å². The van der Waals surface area contributed by atoms with Crippen molar-refractivity contribution in [1.29, 1.82) is 0 Å². The second-order valence-corrected chi connectivity index (χ2v) is 7.15. The number of amidine groups is 1. The molecule has 3 heterocycles. The molecule has 0 saturated carbocycles. The average molecular weight is 373 g/mol. The molecule has 1 fully saturated rings. The predicted molar refractivity (Wildman–Crippen MR) is 97.2 cm³/mol. The van der Waals surface area contributed by atoms with Crippen molar-refractivity contribution in [2.45, 2.75) is 26.8 Å². The Morgan fingerprint density at radius 3 is 2.50 bits per heavy atom. The van der Waals surface area contributed by atoms with E-state index in [1.54, 1.807) is 7.05 Å². The molecule has 7 nitrogen and oxygen atoms in total. The molecular weight excluding hydrogens is 354 g/mol. The molecule has 2 aliphatic heterocycles. The van der Waals surface area contributed by atoms with Gasteiger partial charge in [0.15, 0.2) is 0 Å². The number of hydrogen-bond acceptors (Lipinski definition) is 3. The quantitative estimate of drug-likeness (QED) is 0.722. The number of rotatable bonds is 1. The number of carbonyl (C=O) groups is 2. The monoisotopic (exact) mass is 372 g/mol. The minimum Gasteiger partial charge on any atom is -0.270 e. The summed E-state index contributed by atoms with van der Waals surface area (Å²) < 4.78 is 3.89. The molecule has 4 rings (SSSR count). The number of hydrogen-bond donors (Lipinski definition) is 0. The Labute approximate surface area is 156 Å². The molecule has 0 spiro atoms. The van der Waals surface area contributed by atoms with Crippen LogP contribution in [0.5, 0.6) is 0 Å². The largest absolute Gasteiger partial charge is 0.407 e. The first-order chi connectivity index (χ1) is 12.2. The lowest BCUT2D eigenvalue weighted by atomic mass is 10.1. The highest BCUT2D eigenvalue weighted by Crippen LogP contribution is 2.34. The lowest BCUT2D eigenvalue weighted by molar-refractivity contribution is -0.682. The van der Waals surface area contributed by atoms with E-state index in [1.807, 2.05) is 48.1 Å². The van der Waals surface area contributed by atoms with Crippen molar-refractivity contribution in [2.24, 2.45) is 4.99 Å². The zero-order chi connectivity index (χ0) is 18.9. The van der Waals surface area contributed by atoms with E-state index in [0.717, 1.165) is 27.5 Å². The van der Waals surface area contributed by atoms with Gasteiger partial charge in [0.05, 0.1) is 0 Å². The molecule has 2 aromatic rings. The van der Waals surface area contributed by atoms with Gasteiger partial charge in [0.1, 0.15) is 17.1 Å². The van der Waals surface area contributed by atoms with E-state index in [0.29, 0.717) is 16.8 Å². The number of aryl methyl sites for hydroxylation is 1. The van der Waals surface area contributed by atoms with Gasteiger partial charge in [-0.2, -0.15) is 4.57 Å². The molecule has 1 atom stereocenters. The number of likely N-dealkylation sites (N-methyl/N-ethyl adjacent to an activating group) is 2. The normalized spacial score (nSPS) is 19.0. The van der Waals surface area contributed by atoms with E-state index >= 15 is 0 Å². The summed E-state index contributed by atoms with van der Waals surface area (Å²) >= 11 is 6.21. The zero-order valence-corrected chi connectivity index (χ0v) is 16.0. The second-order valence-electron chi connectivity index (χ2n) is 6.72. The van der Waals surface area contributed by atoms with Crippen molar-refractivity contribution in [1.82, 2.24) is 14.4 Å². The summed E-state index contributed by atoms with van der Waals surface area (Å²) in [5, 5.41) is 0.626. The van der Waals surface area contributed by atoms with Crippen molar-refractivity contribution >= 4 is 35.3 Å². The molecule has 2 aliphatic rings. The van der Waals surface area contributed by atoms with E-state index < -0.39 is 6.04 Å². The van der Waals surface area contributed by atoms with Crippen molar-refractivity contribution in [3.8, 4) is 5.69 Å². The van der Waals surface area contributed by atoms with Gasteiger partial charge in [0.25, 0.3) is 5.91 Å². The Morgan fingerprint density at radius 1 is 1.12 bits per heavy atom.